The fourth-order valence-electron chi connectivity index (χ4n) is 1.79. The van der Waals surface area contributed by atoms with Crippen LogP contribution in [0.2, 0.25) is 0 Å². The lowest BCUT2D eigenvalue weighted by atomic mass is 10.0. The van der Waals surface area contributed by atoms with Gasteiger partial charge in [-0.2, -0.15) is 13.2 Å². The van der Waals surface area contributed by atoms with Gasteiger partial charge in [-0.15, -0.1) is 0 Å². The van der Waals surface area contributed by atoms with Gasteiger partial charge in [0.25, 0.3) is 0 Å². The van der Waals surface area contributed by atoms with Gasteiger partial charge < -0.3 is 9.84 Å². The smallest absolute Gasteiger partial charge is 0.416 e. The SMILES string of the molecule is OC(C1=CCCCO1)c1ccc(C(F)(F)F)cc1. The summed E-state index contributed by atoms with van der Waals surface area (Å²) in [6, 6.07) is 4.46. The molecule has 1 heterocycles. The van der Waals surface area contributed by atoms with Crippen LogP contribution in [0.4, 0.5) is 13.2 Å². The van der Waals surface area contributed by atoms with Crippen molar-refractivity contribution in [1.82, 2.24) is 0 Å². The molecule has 0 amide bonds. The largest absolute Gasteiger partial charge is 0.495 e. The molecule has 1 aromatic carbocycles. The maximum Gasteiger partial charge on any atom is 0.416 e. The summed E-state index contributed by atoms with van der Waals surface area (Å²) in [6.07, 6.45) is -1.88. The zero-order chi connectivity index (χ0) is 13.2. The van der Waals surface area contributed by atoms with Crippen LogP contribution >= 0.6 is 0 Å². The second kappa shape index (κ2) is 5.02. The van der Waals surface area contributed by atoms with Crippen LogP contribution in [0.15, 0.2) is 36.1 Å². The summed E-state index contributed by atoms with van der Waals surface area (Å²) in [4.78, 5) is 0. The fraction of sp³-hybridized carbons (Fsp3) is 0.385. The summed E-state index contributed by atoms with van der Waals surface area (Å²) in [5.41, 5.74) is -0.326. The quantitative estimate of drug-likeness (QED) is 0.880. The van der Waals surface area contributed by atoms with E-state index in [4.69, 9.17) is 4.74 Å². The molecule has 1 N–H and O–H groups in total. The van der Waals surface area contributed by atoms with Gasteiger partial charge in [0.1, 0.15) is 11.9 Å². The standard InChI is InChI=1S/C13H13F3O2/c14-13(15,16)10-6-4-9(5-7-10)12(17)11-3-1-2-8-18-11/h3-7,12,17H,1-2,8H2. The lowest BCUT2D eigenvalue weighted by Gasteiger charge is -2.20. The average molecular weight is 258 g/mol. The Hall–Kier alpha value is -1.49. The fourth-order valence-corrected chi connectivity index (χ4v) is 1.79. The van der Waals surface area contributed by atoms with Gasteiger partial charge in [0.05, 0.1) is 12.2 Å². The number of hydrogen-bond acceptors (Lipinski definition) is 2. The van der Waals surface area contributed by atoms with Crippen LogP contribution in [-0.2, 0) is 10.9 Å². The van der Waals surface area contributed by atoms with Gasteiger partial charge in [0.2, 0.25) is 0 Å². The highest BCUT2D eigenvalue weighted by molar-refractivity contribution is 5.29. The second-order valence-corrected chi connectivity index (χ2v) is 4.12. The molecular formula is C13H13F3O2. The zero-order valence-electron chi connectivity index (χ0n) is 9.57. The molecule has 0 radical (unpaired) electrons. The minimum absolute atomic E-state index is 0.399. The third kappa shape index (κ3) is 2.85. The lowest BCUT2D eigenvalue weighted by molar-refractivity contribution is -0.137. The number of benzene rings is 1. The van der Waals surface area contributed by atoms with Crippen molar-refractivity contribution in [3.05, 3.63) is 47.2 Å². The molecule has 1 aliphatic rings. The minimum Gasteiger partial charge on any atom is -0.495 e. The van der Waals surface area contributed by atoms with E-state index in [1.807, 2.05) is 0 Å². The molecule has 0 aromatic heterocycles. The Kier molecular flexibility index (Phi) is 3.61. The highest BCUT2D eigenvalue weighted by atomic mass is 19.4. The highest BCUT2D eigenvalue weighted by Crippen LogP contribution is 2.31. The third-order valence-corrected chi connectivity index (χ3v) is 2.79. The van der Waals surface area contributed by atoms with Gasteiger partial charge in [-0.25, -0.2) is 0 Å². The van der Waals surface area contributed by atoms with Gasteiger partial charge in [0.15, 0.2) is 0 Å². The lowest BCUT2D eigenvalue weighted by Crippen LogP contribution is -2.10. The molecule has 5 heteroatoms. The van der Waals surface area contributed by atoms with Gasteiger partial charge >= 0.3 is 6.18 Å². The van der Waals surface area contributed by atoms with Crippen LogP contribution in [0.3, 0.4) is 0 Å². The number of aliphatic hydroxyl groups is 1. The highest BCUT2D eigenvalue weighted by Gasteiger charge is 2.30. The zero-order valence-corrected chi connectivity index (χ0v) is 9.57. The van der Waals surface area contributed by atoms with Crippen molar-refractivity contribution in [2.24, 2.45) is 0 Å². The summed E-state index contributed by atoms with van der Waals surface area (Å²) in [6.45, 7) is 0.531. The van der Waals surface area contributed by atoms with Gasteiger partial charge in [0, 0.05) is 0 Å². The van der Waals surface area contributed by atoms with Crippen molar-refractivity contribution in [1.29, 1.82) is 0 Å². The summed E-state index contributed by atoms with van der Waals surface area (Å²) < 4.78 is 42.4. The summed E-state index contributed by atoms with van der Waals surface area (Å²) >= 11 is 0. The molecule has 0 saturated heterocycles. The maximum absolute atomic E-state index is 12.4. The van der Waals surface area contributed by atoms with Crippen molar-refractivity contribution in [2.75, 3.05) is 6.61 Å². The topological polar surface area (TPSA) is 29.5 Å². The van der Waals surface area contributed by atoms with Crippen LogP contribution in [-0.4, -0.2) is 11.7 Å². The molecule has 2 rings (SSSR count). The predicted molar refractivity (Wildman–Crippen MR) is 59.7 cm³/mol. The summed E-state index contributed by atoms with van der Waals surface area (Å²) in [5, 5.41) is 9.96. The Bertz CT molecular complexity index is 435. The Morgan fingerprint density at radius 2 is 1.83 bits per heavy atom. The number of ether oxygens (including phenoxy) is 1. The number of rotatable bonds is 2. The Labute approximate surface area is 103 Å². The molecule has 0 spiro atoms. The Balaban J connectivity index is 2.16. The first-order valence-electron chi connectivity index (χ1n) is 5.66. The predicted octanol–water partition coefficient (Wildman–Crippen LogP) is 3.43. The first-order valence-corrected chi connectivity index (χ1v) is 5.66. The van der Waals surface area contributed by atoms with E-state index in [1.165, 1.54) is 12.1 Å². The minimum atomic E-state index is -4.36. The Morgan fingerprint density at radius 3 is 2.33 bits per heavy atom. The van der Waals surface area contributed by atoms with Gasteiger partial charge in [-0.1, -0.05) is 12.1 Å². The van der Waals surface area contributed by atoms with E-state index < -0.39 is 17.8 Å². The van der Waals surface area contributed by atoms with Crippen molar-refractivity contribution < 1.29 is 23.0 Å². The first kappa shape index (κ1) is 13.0. The summed E-state index contributed by atoms with van der Waals surface area (Å²) in [5.74, 6) is 0.418. The Morgan fingerprint density at radius 1 is 1.17 bits per heavy atom. The van der Waals surface area contributed by atoms with E-state index >= 15 is 0 Å². The van der Waals surface area contributed by atoms with Crippen LogP contribution in [0.1, 0.15) is 30.1 Å². The van der Waals surface area contributed by atoms with Crippen LogP contribution < -0.4 is 0 Å². The number of aliphatic hydroxyl groups excluding tert-OH is 1. The summed E-state index contributed by atoms with van der Waals surface area (Å²) in [7, 11) is 0. The van der Waals surface area contributed by atoms with Crippen LogP contribution in [0.5, 0.6) is 0 Å². The van der Waals surface area contributed by atoms with E-state index in [9.17, 15) is 18.3 Å². The van der Waals surface area contributed by atoms with E-state index in [0.29, 0.717) is 17.9 Å². The molecule has 1 aliphatic heterocycles. The molecule has 18 heavy (non-hydrogen) atoms. The molecule has 0 saturated carbocycles. The van der Waals surface area contributed by atoms with Gasteiger partial charge in [-0.3, -0.25) is 0 Å². The number of hydrogen-bond donors (Lipinski definition) is 1. The molecule has 2 nitrogen and oxygen atoms in total. The first-order chi connectivity index (χ1) is 8.48. The molecule has 0 bridgehead atoms. The van der Waals surface area contributed by atoms with Crippen molar-refractivity contribution in [2.45, 2.75) is 25.1 Å². The molecule has 1 atom stereocenters. The molecular weight excluding hydrogens is 245 g/mol. The second-order valence-electron chi connectivity index (χ2n) is 4.12. The molecule has 98 valence electrons. The third-order valence-electron chi connectivity index (χ3n) is 2.79. The number of halogens is 3. The molecule has 0 aliphatic carbocycles. The molecule has 1 aromatic rings. The maximum atomic E-state index is 12.4. The van der Waals surface area contributed by atoms with E-state index in [0.717, 1.165) is 25.0 Å². The van der Waals surface area contributed by atoms with Crippen LogP contribution in [0.25, 0.3) is 0 Å². The van der Waals surface area contributed by atoms with Crippen molar-refractivity contribution in [3.8, 4) is 0 Å². The molecule has 1 unspecified atom stereocenters. The van der Waals surface area contributed by atoms with Crippen molar-refractivity contribution >= 4 is 0 Å². The number of allylic oxidation sites excluding steroid dienone is 1. The average Bonchev–Trinajstić information content (AvgIpc) is 2.38. The van der Waals surface area contributed by atoms with Gasteiger partial charge in [-0.05, 0) is 36.6 Å². The van der Waals surface area contributed by atoms with E-state index in [-0.39, 0.29) is 0 Å². The van der Waals surface area contributed by atoms with E-state index in [2.05, 4.69) is 0 Å². The molecule has 0 fully saturated rings. The normalized spacial score (nSPS) is 17.9. The van der Waals surface area contributed by atoms with E-state index in [1.54, 1.807) is 6.08 Å². The monoisotopic (exact) mass is 258 g/mol. The van der Waals surface area contributed by atoms with Crippen molar-refractivity contribution in [3.63, 3.8) is 0 Å². The number of alkyl halides is 3. The van der Waals surface area contributed by atoms with Crippen LogP contribution in [0, 0.1) is 0 Å².